The van der Waals surface area contributed by atoms with Crippen molar-refractivity contribution in [2.45, 2.75) is 38.6 Å². The second kappa shape index (κ2) is 5.97. The minimum atomic E-state index is -0.0211. The number of fused-ring (bicyclic) bond motifs is 1. The van der Waals surface area contributed by atoms with E-state index in [9.17, 15) is 4.79 Å². The van der Waals surface area contributed by atoms with Gasteiger partial charge in [0.1, 0.15) is 11.6 Å². The van der Waals surface area contributed by atoms with Crippen LogP contribution in [-0.2, 0) is 18.3 Å². The van der Waals surface area contributed by atoms with Crippen LogP contribution in [0, 0.1) is 0 Å². The van der Waals surface area contributed by atoms with Crippen molar-refractivity contribution in [1.29, 1.82) is 0 Å². The van der Waals surface area contributed by atoms with E-state index in [0.29, 0.717) is 12.8 Å². The number of carbonyl (C=O) groups is 1. The number of aryl methyl sites for hydroxylation is 1. The molecule has 0 amide bonds. The summed E-state index contributed by atoms with van der Waals surface area (Å²) in [4.78, 5) is 16.5. The first-order chi connectivity index (χ1) is 9.11. The number of para-hydroxylation sites is 2. The summed E-state index contributed by atoms with van der Waals surface area (Å²) in [5, 5.41) is 0. The van der Waals surface area contributed by atoms with E-state index in [1.165, 1.54) is 0 Å². The molecule has 0 bridgehead atoms. The molecule has 2 N–H and O–H groups in total. The SMILES string of the molecule is CCCC(N)CC(=O)Cc1nc2ccccc2n1C. The van der Waals surface area contributed by atoms with Crippen LogP contribution in [0.25, 0.3) is 11.0 Å². The van der Waals surface area contributed by atoms with Crippen LogP contribution in [-0.4, -0.2) is 21.4 Å². The van der Waals surface area contributed by atoms with Crippen molar-refractivity contribution in [3.8, 4) is 0 Å². The first-order valence-electron chi connectivity index (χ1n) is 6.79. The zero-order valence-corrected chi connectivity index (χ0v) is 11.6. The molecular weight excluding hydrogens is 238 g/mol. The summed E-state index contributed by atoms with van der Waals surface area (Å²) < 4.78 is 1.98. The van der Waals surface area contributed by atoms with Gasteiger partial charge in [-0.15, -0.1) is 0 Å². The number of hydrogen-bond donors (Lipinski definition) is 1. The fourth-order valence-corrected chi connectivity index (χ4v) is 2.37. The second-order valence-corrected chi connectivity index (χ2v) is 5.04. The number of rotatable bonds is 6. The van der Waals surface area contributed by atoms with Gasteiger partial charge in [0, 0.05) is 19.5 Å². The van der Waals surface area contributed by atoms with Gasteiger partial charge in [0.15, 0.2) is 0 Å². The van der Waals surface area contributed by atoms with E-state index in [2.05, 4.69) is 11.9 Å². The summed E-state index contributed by atoms with van der Waals surface area (Å²) in [6.07, 6.45) is 2.72. The standard InChI is InChI=1S/C15H21N3O/c1-3-6-11(16)9-12(19)10-15-17-13-7-4-5-8-14(13)18(15)2/h4-5,7-8,11H,3,6,9-10,16H2,1-2H3. The Balaban J connectivity index is 2.09. The predicted octanol–water partition coefficient (Wildman–Crippen LogP) is 2.20. The van der Waals surface area contributed by atoms with Crippen molar-refractivity contribution in [3.05, 3.63) is 30.1 Å². The van der Waals surface area contributed by atoms with Gasteiger partial charge in [-0.1, -0.05) is 25.5 Å². The molecule has 4 nitrogen and oxygen atoms in total. The molecule has 1 aromatic heterocycles. The lowest BCUT2D eigenvalue weighted by Gasteiger charge is -2.08. The minimum Gasteiger partial charge on any atom is -0.331 e. The van der Waals surface area contributed by atoms with E-state index >= 15 is 0 Å². The van der Waals surface area contributed by atoms with Crippen molar-refractivity contribution in [2.75, 3.05) is 0 Å². The Morgan fingerprint density at radius 1 is 1.42 bits per heavy atom. The zero-order valence-electron chi connectivity index (χ0n) is 11.6. The summed E-state index contributed by atoms with van der Waals surface area (Å²) >= 11 is 0. The molecule has 4 heteroatoms. The molecule has 19 heavy (non-hydrogen) atoms. The number of carbonyl (C=O) groups excluding carboxylic acids is 1. The normalized spacial score (nSPS) is 12.8. The molecule has 0 aliphatic heterocycles. The number of nitrogens with zero attached hydrogens (tertiary/aromatic N) is 2. The highest BCUT2D eigenvalue weighted by atomic mass is 16.1. The van der Waals surface area contributed by atoms with E-state index in [1.807, 2.05) is 35.9 Å². The van der Waals surface area contributed by atoms with Crippen LogP contribution < -0.4 is 5.73 Å². The van der Waals surface area contributed by atoms with Crippen molar-refractivity contribution in [3.63, 3.8) is 0 Å². The molecule has 2 rings (SSSR count). The Hall–Kier alpha value is -1.68. The monoisotopic (exact) mass is 259 g/mol. The minimum absolute atomic E-state index is 0.0211. The van der Waals surface area contributed by atoms with E-state index < -0.39 is 0 Å². The number of nitrogens with two attached hydrogens (primary N) is 1. The summed E-state index contributed by atoms with van der Waals surface area (Å²) in [7, 11) is 1.95. The third-order valence-electron chi connectivity index (χ3n) is 3.38. The maximum atomic E-state index is 12.0. The summed E-state index contributed by atoms with van der Waals surface area (Å²) in [6.45, 7) is 2.08. The Bertz CT molecular complexity index is 574. The van der Waals surface area contributed by atoms with E-state index in [0.717, 1.165) is 29.7 Å². The number of Topliss-reactive ketones (excluding diaryl/α,β-unsaturated/α-hetero) is 1. The molecule has 1 unspecified atom stereocenters. The smallest absolute Gasteiger partial charge is 0.141 e. The lowest BCUT2D eigenvalue weighted by Crippen LogP contribution is -2.24. The van der Waals surface area contributed by atoms with Crippen LogP contribution >= 0.6 is 0 Å². The average molecular weight is 259 g/mol. The number of hydrogen-bond acceptors (Lipinski definition) is 3. The van der Waals surface area contributed by atoms with Gasteiger partial charge in [-0.3, -0.25) is 4.79 Å². The van der Waals surface area contributed by atoms with Gasteiger partial charge in [-0.25, -0.2) is 4.98 Å². The summed E-state index contributed by atoms with van der Waals surface area (Å²) in [6, 6.07) is 7.89. The van der Waals surface area contributed by atoms with Crippen molar-refractivity contribution in [2.24, 2.45) is 12.8 Å². The second-order valence-electron chi connectivity index (χ2n) is 5.04. The molecular formula is C15H21N3O. The highest BCUT2D eigenvalue weighted by Crippen LogP contribution is 2.15. The molecule has 0 aliphatic rings. The van der Waals surface area contributed by atoms with Crippen molar-refractivity contribution >= 4 is 16.8 Å². The third-order valence-corrected chi connectivity index (χ3v) is 3.38. The van der Waals surface area contributed by atoms with Gasteiger partial charge >= 0.3 is 0 Å². The number of benzene rings is 1. The maximum absolute atomic E-state index is 12.0. The summed E-state index contributed by atoms with van der Waals surface area (Å²) in [5.74, 6) is 0.981. The number of imidazole rings is 1. The van der Waals surface area contributed by atoms with Gasteiger partial charge in [0.25, 0.3) is 0 Å². The van der Waals surface area contributed by atoms with Gasteiger partial charge < -0.3 is 10.3 Å². The van der Waals surface area contributed by atoms with Gasteiger partial charge in [-0.05, 0) is 18.6 Å². The van der Waals surface area contributed by atoms with Crippen LogP contribution in [0.4, 0.5) is 0 Å². The predicted molar refractivity (Wildman–Crippen MR) is 76.9 cm³/mol. The first kappa shape index (κ1) is 13.7. The largest absolute Gasteiger partial charge is 0.331 e. The van der Waals surface area contributed by atoms with Crippen LogP contribution in [0.15, 0.2) is 24.3 Å². The molecule has 2 aromatic rings. The highest BCUT2D eigenvalue weighted by molar-refractivity contribution is 5.82. The molecule has 0 radical (unpaired) electrons. The van der Waals surface area contributed by atoms with Crippen LogP contribution in [0.3, 0.4) is 0 Å². The molecule has 1 aromatic carbocycles. The van der Waals surface area contributed by atoms with E-state index in [4.69, 9.17) is 5.73 Å². The average Bonchev–Trinajstić information content (AvgIpc) is 2.67. The molecule has 1 atom stereocenters. The maximum Gasteiger partial charge on any atom is 0.141 e. The Morgan fingerprint density at radius 2 is 2.16 bits per heavy atom. The zero-order chi connectivity index (χ0) is 13.8. The van der Waals surface area contributed by atoms with Gasteiger partial charge in [0.2, 0.25) is 0 Å². The lowest BCUT2D eigenvalue weighted by atomic mass is 10.0. The van der Waals surface area contributed by atoms with Gasteiger partial charge in [0.05, 0.1) is 17.5 Å². The molecule has 0 spiro atoms. The Morgan fingerprint density at radius 3 is 2.84 bits per heavy atom. The first-order valence-corrected chi connectivity index (χ1v) is 6.79. The molecule has 0 saturated heterocycles. The number of ketones is 1. The highest BCUT2D eigenvalue weighted by Gasteiger charge is 2.14. The Labute approximate surface area is 113 Å². The molecule has 0 aliphatic carbocycles. The van der Waals surface area contributed by atoms with Crippen molar-refractivity contribution in [1.82, 2.24) is 9.55 Å². The fraction of sp³-hybridized carbons (Fsp3) is 0.467. The quantitative estimate of drug-likeness (QED) is 0.865. The molecule has 1 heterocycles. The summed E-state index contributed by atoms with van der Waals surface area (Å²) in [5.41, 5.74) is 7.90. The topological polar surface area (TPSA) is 60.9 Å². The van der Waals surface area contributed by atoms with Crippen LogP contribution in [0.5, 0.6) is 0 Å². The number of aromatic nitrogens is 2. The third kappa shape index (κ3) is 3.20. The van der Waals surface area contributed by atoms with E-state index in [-0.39, 0.29) is 11.8 Å². The molecule has 0 fully saturated rings. The van der Waals surface area contributed by atoms with E-state index in [1.54, 1.807) is 0 Å². The fourth-order valence-electron chi connectivity index (χ4n) is 2.37. The van der Waals surface area contributed by atoms with Crippen LogP contribution in [0.1, 0.15) is 32.0 Å². The lowest BCUT2D eigenvalue weighted by molar-refractivity contribution is -0.118. The van der Waals surface area contributed by atoms with Crippen LogP contribution in [0.2, 0.25) is 0 Å². The van der Waals surface area contributed by atoms with Gasteiger partial charge in [-0.2, -0.15) is 0 Å². The van der Waals surface area contributed by atoms with Crippen molar-refractivity contribution < 1.29 is 4.79 Å². The Kier molecular flexibility index (Phi) is 4.32. The molecule has 102 valence electrons. The molecule has 0 saturated carbocycles.